The lowest BCUT2D eigenvalue weighted by Crippen LogP contribution is -2.40. The number of hydrogen-bond acceptors (Lipinski definition) is 7. The average molecular weight is 645 g/mol. The highest BCUT2D eigenvalue weighted by molar-refractivity contribution is 6.36. The third kappa shape index (κ3) is 6.33. The van der Waals surface area contributed by atoms with Crippen molar-refractivity contribution < 1.29 is 14.3 Å². The molecule has 1 unspecified atom stereocenters. The van der Waals surface area contributed by atoms with Gasteiger partial charge in [0.2, 0.25) is 11.8 Å². The summed E-state index contributed by atoms with van der Waals surface area (Å²) in [5, 5.41) is 9.72. The van der Waals surface area contributed by atoms with Gasteiger partial charge in [0, 0.05) is 67.2 Å². The van der Waals surface area contributed by atoms with Crippen LogP contribution < -0.4 is 31.9 Å². The van der Waals surface area contributed by atoms with Crippen LogP contribution in [0.15, 0.2) is 64.3 Å². The molecule has 11 nitrogen and oxygen atoms in total. The lowest BCUT2D eigenvalue weighted by Gasteiger charge is -2.17. The van der Waals surface area contributed by atoms with E-state index in [2.05, 4.69) is 16.0 Å². The van der Waals surface area contributed by atoms with Gasteiger partial charge in [-0.25, -0.2) is 9.78 Å². The van der Waals surface area contributed by atoms with Crippen LogP contribution in [-0.4, -0.2) is 45.6 Å². The number of rotatable bonds is 9. The Hall–Kier alpha value is -4.74. The van der Waals surface area contributed by atoms with E-state index in [0.29, 0.717) is 40.9 Å². The number of carbonyl (C=O) groups is 2. The van der Waals surface area contributed by atoms with Crippen LogP contribution in [0.1, 0.15) is 41.8 Å². The molecular formula is C34H37ClN6O5. The van der Waals surface area contributed by atoms with Gasteiger partial charge in [-0.15, -0.1) is 0 Å². The van der Waals surface area contributed by atoms with Gasteiger partial charge in [-0.3, -0.25) is 19.0 Å². The van der Waals surface area contributed by atoms with E-state index in [9.17, 15) is 19.2 Å². The molecule has 0 radical (unpaired) electrons. The third-order valence-corrected chi connectivity index (χ3v) is 8.79. The fourth-order valence-electron chi connectivity index (χ4n) is 5.73. The van der Waals surface area contributed by atoms with Crippen molar-refractivity contribution in [2.24, 2.45) is 19.5 Å². The zero-order valence-electron chi connectivity index (χ0n) is 26.7. The van der Waals surface area contributed by atoms with Crippen LogP contribution in [-0.2, 0) is 25.4 Å². The molecular weight excluding hydrogens is 608 g/mol. The predicted molar refractivity (Wildman–Crippen MR) is 178 cm³/mol. The summed E-state index contributed by atoms with van der Waals surface area (Å²) in [5.74, 6) is -0.0891. The van der Waals surface area contributed by atoms with Gasteiger partial charge < -0.3 is 25.3 Å². The fourth-order valence-corrected chi connectivity index (χ4v) is 6.05. The Labute approximate surface area is 271 Å². The number of nitrogens with zero attached hydrogens (tertiary/aromatic N) is 3. The highest BCUT2D eigenvalue weighted by Crippen LogP contribution is 2.39. The molecule has 1 aliphatic rings. The number of benzene rings is 2. The van der Waals surface area contributed by atoms with Gasteiger partial charge in [0.1, 0.15) is 5.56 Å². The molecule has 0 bridgehead atoms. The molecule has 12 heteroatoms. The fraction of sp³-hybridized carbons (Fsp3) is 0.324. The SMILES string of the molecule is COc1nc(-c2cccc(-c3cccc(NC(=O)c4cn(C)c(=O)n(C)c4=O)c3C)c2Cl)ccc1CNCC1CC(C)(C)C(=O)N1. The number of carbonyl (C=O) groups excluding carboxylic acids is 2. The number of aryl methyl sites for hydroxylation is 1. The van der Waals surface area contributed by atoms with E-state index in [0.717, 1.165) is 33.2 Å². The molecule has 240 valence electrons. The largest absolute Gasteiger partial charge is 0.481 e. The summed E-state index contributed by atoms with van der Waals surface area (Å²) in [7, 11) is 4.38. The number of methoxy groups -OCH3 is 1. The molecule has 2 aromatic heterocycles. The Morgan fingerprint density at radius 3 is 2.46 bits per heavy atom. The molecule has 1 saturated heterocycles. The summed E-state index contributed by atoms with van der Waals surface area (Å²) in [6.07, 6.45) is 2.00. The van der Waals surface area contributed by atoms with Crippen molar-refractivity contribution in [3.8, 4) is 28.3 Å². The second-order valence-corrected chi connectivity index (χ2v) is 12.5. The van der Waals surface area contributed by atoms with Crippen LogP contribution in [0, 0.1) is 12.3 Å². The maximum atomic E-state index is 13.1. The third-order valence-electron chi connectivity index (χ3n) is 8.38. The van der Waals surface area contributed by atoms with Crippen molar-refractivity contribution in [3.63, 3.8) is 0 Å². The summed E-state index contributed by atoms with van der Waals surface area (Å²) in [6.45, 7) is 6.90. The minimum Gasteiger partial charge on any atom is -0.481 e. The minimum absolute atomic E-state index is 0.0680. The monoisotopic (exact) mass is 644 g/mol. The normalized spacial score (nSPS) is 15.5. The molecule has 1 aliphatic heterocycles. The van der Waals surface area contributed by atoms with Crippen LogP contribution in [0.2, 0.25) is 5.02 Å². The van der Waals surface area contributed by atoms with E-state index in [1.54, 1.807) is 19.2 Å². The molecule has 1 atom stereocenters. The Bertz CT molecular complexity index is 1960. The van der Waals surface area contributed by atoms with Crippen molar-refractivity contribution in [3.05, 3.63) is 97.3 Å². The second kappa shape index (κ2) is 12.9. The lowest BCUT2D eigenvalue weighted by atomic mass is 9.90. The number of ether oxygens (including phenoxy) is 1. The number of pyridine rings is 1. The first-order valence-electron chi connectivity index (χ1n) is 14.8. The van der Waals surface area contributed by atoms with Gasteiger partial charge in [0.25, 0.3) is 11.5 Å². The van der Waals surface area contributed by atoms with Gasteiger partial charge in [-0.2, -0.15) is 0 Å². The summed E-state index contributed by atoms with van der Waals surface area (Å²) in [5.41, 5.74) is 3.25. The molecule has 4 aromatic rings. The Morgan fingerprint density at radius 2 is 1.76 bits per heavy atom. The van der Waals surface area contributed by atoms with Gasteiger partial charge in [-0.05, 0) is 36.6 Å². The van der Waals surface area contributed by atoms with E-state index in [4.69, 9.17) is 21.3 Å². The number of halogens is 1. The summed E-state index contributed by atoms with van der Waals surface area (Å²) < 4.78 is 7.71. The first kappa shape index (κ1) is 32.6. The molecule has 0 saturated carbocycles. The standard InChI is InChI=1S/C34H37ClN6O5/c1-19-22(9-8-12-26(19)38-29(42)25-18-40(4)33(45)41(5)31(25)43)23-10-7-11-24(28(23)35)27-14-13-20(30(39-27)46-6)16-36-17-21-15-34(2,3)32(44)37-21/h7-14,18,21,36H,15-17H2,1-6H3,(H,37,44)(H,38,42). The smallest absolute Gasteiger partial charge is 0.330 e. The molecule has 5 rings (SSSR count). The first-order chi connectivity index (χ1) is 21.8. The number of hydrogen-bond donors (Lipinski definition) is 3. The molecule has 46 heavy (non-hydrogen) atoms. The van der Waals surface area contributed by atoms with Crippen molar-refractivity contribution in [1.82, 2.24) is 24.8 Å². The van der Waals surface area contributed by atoms with Crippen LogP contribution in [0.3, 0.4) is 0 Å². The molecule has 2 aromatic carbocycles. The van der Waals surface area contributed by atoms with Crippen molar-refractivity contribution in [2.75, 3.05) is 19.0 Å². The highest BCUT2D eigenvalue weighted by Gasteiger charge is 2.38. The van der Waals surface area contributed by atoms with E-state index in [1.807, 2.05) is 57.2 Å². The summed E-state index contributed by atoms with van der Waals surface area (Å²) in [4.78, 5) is 54.6. The van der Waals surface area contributed by atoms with Gasteiger partial charge in [0.15, 0.2) is 0 Å². The lowest BCUT2D eigenvalue weighted by molar-refractivity contribution is -0.126. The molecule has 3 N–H and O–H groups in total. The average Bonchev–Trinajstić information content (AvgIpc) is 3.29. The van der Waals surface area contributed by atoms with Gasteiger partial charge >= 0.3 is 5.69 Å². The van der Waals surface area contributed by atoms with Crippen LogP contribution >= 0.6 is 11.6 Å². The first-order valence-corrected chi connectivity index (χ1v) is 15.2. The summed E-state index contributed by atoms with van der Waals surface area (Å²) in [6, 6.07) is 15.0. The number of aromatic nitrogens is 3. The van der Waals surface area contributed by atoms with Crippen LogP contribution in [0.5, 0.6) is 5.88 Å². The van der Waals surface area contributed by atoms with E-state index in [1.165, 1.54) is 24.9 Å². The zero-order chi connectivity index (χ0) is 33.3. The molecule has 3 heterocycles. The van der Waals surface area contributed by atoms with E-state index in [-0.39, 0.29) is 22.9 Å². The van der Waals surface area contributed by atoms with E-state index >= 15 is 0 Å². The number of amides is 2. The van der Waals surface area contributed by atoms with Gasteiger partial charge in [-0.1, -0.05) is 61.8 Å². The van der Waals surface area contributed by atoms with Crippen molar-refractivity contribution >= 4 is 29.1 Å². The maximum absolute atomic E-state index is 13.1. The van der Waals surface area contributed by atoms with Crippen molar-refractivity contribution in [2.45, 2.75) is 39.8 Å². The van der Waals surface area contributed by atoms with E-state index < -0.39 is 17.2 Å². The molecule has 0 aliphatic carbocycles. The second-order valence-electron chi connectivity index (χ2n) is 12.2. The summed E-state index contributed by atoms with van der Waals surface area (Å²) >= 11 is 7.01. The number of nitrogens with one attached hydrogen (secondary N) is 3. The Kier molecular flexibility index (Phi) is 9.18. The number of anilines is 1. The predicted octanol–water partition coefficient (Wildman–Crippen LogP) is 4.04. The Morgan fingerprint density at radius 1 is 1.07 bits per heavy atom. The quantitative estimate of drug-likeness (QED) is 0.250. The van der Waals surface area contributed by atoms with Crippen molar-refractivity contribution in [1.29, 1.82) is 0 Å². The highest BCUT2D eigenvalue weighted by atomic mass is 35.5. The van der Waals surface area contributed by atoms with Gasteiger partial charge in [0.05, 0.1) is 17.8 Å². The molecule has 1 fully saturated rings. The van der Waals surface area contributed by atoms with Crippen LogP contribution in [0.25, 0.3) is 22.4 Å². The maximum Gasteiger partial charge on any atom is 0.330 e. The van der Waals surface area contributed by atoms with Crippen LogP contribution in [0.4, 0.5) is 5.69 Å². The zero-order valence-corrected chi connectivity index (χ0v) is 27.4. The molecule has 0 spiro atoms. The topological polar surface area (TPSA) is 136 Å². The Balaban J connectivity index is 1.37. The minimum atomic E-state index is -0.679. The molecule has 2 amide bonds.